The van der Waals surface area contributed by atoms with Crippen molar-refractivity contribution in [1.82, 2.24) is 15.2 Å². The summed E-state index contributed by atoms with van der Waals surface area (Å²) in [5.74, 6) is 0.183. The van der Waals surface area contributed by atoms with E-state index in [4.69, 9.17) is 0 Å². The molecule has 5 nitrogen and oxygen atoms in total. The molecular formula is C16H10N4OS. The highest BCUT2D eigenvalue weighted by Crippen LogP contribution is 2.34. The summed E-state index contributed by atoms with van der Waals surface area (Å²) in [6.07, 6.45) is 1.57. The molecule has 0 unspecified atom stereocenters. The zero-order chi connectivity index (χ0) is 14.9. The molecule has 0 saturated carbocycles. The summed E-state index contributed by atoms with van der Waals surface area (Å²) in [6.45, 7) is 0. The fraction of sp³-hybridized carbons (Fsp3) is 0. The summed E-state index contributed by atoms with van der Waals surface area (Å²) in [4.78, 5) is 8.82. The quantitative estimate of drug-likeness (QED) is 0.574. The average Bonchev–Trinajstić information content (AvgIpc) is 2.92. The standard InChI is InChI=1S/C16H10N4OS/c21-13-8-4-1-5-10(13)9-17-16-20-19-14-11-6-2-3-7-12(11)18-15(14)22-16/h1-9,21H/b17-9+. The maximum atomic E-state index is 9.72. The smallest absolute Gasteiger partial charge is 0.231 e. The van der Waals surface area contributed by atoms with E-state index in [1.165, 1.54) is 11.3 Å². The molecule has 2 aliphatic heterocycles. The minimum Gasteiger partial charge on any atom is -0.507 e. The van der Waals surface area contributed by atoms with E-state index < -0.39 is 0 Å². The Kier molecular flexibility index (Phi) is 3.01. The third kappa shape index (κ3) is 2.19. The first kappa shape index (κ1) is 12.8. The van der Waals surface area contributed by atoms with Crippen LogP contribution in [0.5, 0.6) is 5.75 Å². The molecule has 0 aliphatic carbocycles. The van der Waals surface area contributed by atoms with Crippen LogP contribution in [-0.4, -0.2) is 26.5 Å². The van der Waals surface area contributed by atoms with Crippen molar-refractivity contribution in [2.75, 3.05) is 0 Å². The summed E-state index contributed by atoms with van der Waals surface area (Å²) >= 11 is 1.37. The van der Waals surface area contributed by atoms with E-state index in [-0.39, 0.29) is 5.75 Å². The minimum atomic E-state index is 0.183. The van der Waals surface area contributed by atoms with E-state index in [9.17, 15) is 5.11 Å². The molecule has 0 radical (unpaired) electrons. The molecule has 0 spiro atoms. The monoisotopic (exact) mass is 306 g/mol. The first-order valence-electron chi connectivity index (χ1n) is 6.65. The van der Waals surface area contributed by atoms with E-state index >= 15 is 0 Å². The average molecular weight is 306 g/mol. The van der Waals surface area contributed by atoms with E-state index in [1.54, 1.807) is 24.4 Å². The fourth-order valence-corrected chi connectivity index (χ4v) is 2.94. The molecule has 0 aromatic heterocycles. The number of phenolic OH excluding ortho intramolecular Hbond substituents is 1. The zero-order valence-corrected chi connectivity index (χ0v) is 12.2. The number of hydrogen-bond donors (Lipinski definition) is 1. The maximum Gasteiger partial charge on any atom is 0.231 e. The van der Waals surface area contributed by atoms with Crippen molar-refractivity contribution >= 4 is 33.6 Å². The van der Waals surface area contributed by atoms with Crippen LogP contribution in [0.15, 0.2) is 53.5 Å². The van der Waals surface area contributed by atoms with Crippen LogP contribution < -0.4 is 0 Å². The predicted octanol–water partition coefficient (Wildman–Crippen LogP) is 3.65. The first-order chi connectivity index (χ1) is 10.8. The lowest BCUT2D eigenvalue weighted by molar-refractivity contribution is 0.474. The van der Waals surface area contributed by atoms with Crippen LogP contribution in [0.3, 0.4) is 0 Å². The minimum absolute atomic E-state index is 0.183. The van der Waals surface area contributed by atoms with Crippen molar-refractivity contribution in [3.8, 4) is 16.5 Å². The number of hydrogen-bond acceptors (Lipinski definition) is 6. The SMILES string of the molecule is Oc1ccccc1/C=N/c1nnc2c3ccccc3nc-2s1. The second-order valence-electron chi connectivity index (χ2n) is 4.68. The molecule has 0 saturated heterocycles. The summed E-state index contributed by atoms with van der Waals surface area (Å²) in [6, 6.07) is 14.8. The van der Waals surface area contributed by atoms with Gasteiger partial charge in [0, 0.05) is 17.2 Å². The van der Waals surface area contributed by atoms with Crippen LogP contribution in [0.1, 0.15) is 5.56 Å². The van der Waals surface area contributed by atoms with Gasteiger partial charge in [0.25, 0.3) is 0 Å². The molecule has 4 rings (SSSR count). The molecule has 2 aliphatic rings. The van der Waals surface area contributed by atoms with Gasteiger partial charge >= 0.3 is 0 Å². The molecule has 106 valence electrons. The Morgan fingerprint density at radius 1 is 1.00 bits per heavy atom. The molecular weight excluding hydrogens is 296 g/mol. The molecule has 2 heterocycles. The van der Waals surface area contributed by atoms with Gasteiger partial charge in [-0.2, -0.15) is 0 Å². The van der Waals surface area contributed by atoms with Gasteiger partial charge in [0.2, 0.25) is 5.13 Å². The number of aromatic hydroxyl groups is 1. The van der Waals surface area contributed by atoms with E-state index in [1.807, 2.05) is 30.3 Å². The second-order valence-corrected chi connectivity index (χ2v) is 5.64. The Bertz CT molecular complexity index is 963. The third-order valence-corrected chi connectivity index (χ3v) is 4.11. The van der Waals surface area contributed by atoms with Gasteiger partial charge in [-0.05, 0) is 18.2 Å². The van der Waals surface area contributed by atoms with Gasteiger partial charge in [-0.25, -0.2) is 9.98 Å². The number of para-hydroxylation sites is 2. The summed E-state index contributed by atoms with van der Waals surface area (Å²) in [5, 5.41) is 20.4. The number of nitrogens with zero attached hydrogens (tertiary/aromatic N) is 4. The Hall–Kier alpha value is -2.86. The van der Waals surface area contributed by atoms with Crippen molar-refractivity contribution in [2.24, 2.45) is 4.99 Å². The lowest BCUT2D eigenvalue weighted by Gasteiger charge is -1.98. The molecule has 2 aromatic rings. The molecule has 0 bridgehead atoms. The van der Waals surface area contributed by atoms with E-state index in [0.29, 0.717) is 10.7 Å². The number of rotatable bonds is 2. The Labute approximate surface area is 130 Å². The predicted molar refractivity (Wildman–Crippen MR) is 87.2 cm³/mol. The summed E-state index contributed by atoms with van der Waals surface area (Å²) in [5.41, 5.74) is 2.34. The lowest BCUT2D eigenvalue weighted by Crippen LogP contribution is -1.86. The van der Waals surface area contributed by atoms with Crippen LogP contribution in [0, 0.1) is 0 Å². The molecule has 22 heavy (non-hydrogen) atoms. The summed E-state index contributed by atoms with van der Waals surface area (Å²) < 4.78 is 0. The number of benzene rings is 2. The van der Waals surface area contributed by atoms with Crippen LogP contribution in [0.4, 0.5) is 5.13 Å². The molecule has 0 fully saturated rings. The van der Waals surface area contributed by atoms with Crippen LogP contribution in [0.2, 0.25) is 0 Å². The van der Waals surface area contributed by atoms with Crippen molar-refractivity contribution < 1.29 is 5.11 Å². The highest BCUT2D eigenvalue weighted by atomic mass is 32.1. The second kappa shape index (κ2) is 5.16. The van der Waals surface area contributed by atoms with Crippen molar-refractivity contribution in [2.45, 2.75) is 0 Å². The molecule has 2 aromatic carbocycles. The molecule has 0 amide bonds. The van der Waals surface area contributed by atoms with Gasteiger partial charge in [0.15, 0.2) is 0 Å². The van der Waals surface area contributed by atoms with Crippen molar-refractivity contribution in [3.63, 3.8) is 0 Å². The highest BCUT2D eigenvalue weighted by Gasteiger charge is 2.15. The van der Waals surface area contributed by atoms with Gasteiger partial charge in [-0.15, -0.1) is 10.2 Å². The van der Waals surface area contributed by atoms with Gasteiger partial charge in [-0.3, -0.25) is 0 Å². The van der Waals surface area contributed by atoms with E-state index in [2.05, 4.69) is 20.2 Å². The van der Waals surface area contributed by atoms with Gasteiger partial charge in [0.05, 0.1) is 5.52 Å². The Balaban J connectivity index is 1.76. The van der Waals surface area contributed by atoms with Crippen LogP contribution in [-0.2, 0) is 0 Å². The Morgan fingerprint density at radius 3 is 2.73 bits per heavy atom. The number of phenols is 1. The van der Waals surface area contributed by atoms with Gasteiger partial charge in [-0.1, -0.05) is 41.7 Å². The van der Waals surface area contributed by atoms with Crippen molar-refractivity contribution in [1.29, 1.82) is 0 Å². The van der Waals surface area contributed by atoms with Crippen LogP contribution >= 0.6 is 11.3 Å². The molecule has 0 atom stereocenters. The zero-order valence-electron chi connectivity index (χ0n) is 11.3. The van der Waals surface area contributed by atoms with Crippen LogP contribution in [0.25, 0.3) is 21.6 Å². The molecule has 1 N–H and O–H groups in total. The summed E-state index contributed by atoms with van der Waals surface area (Å²) in [7, 11) is 0. The maximum absolute atomic E-state index is 9.72. The van der Waals surface area contributed by atoms with Gasteiger partial charge < -0.3 is 5.11 Å². The Morgan fingerprint density at radius 2 is 1.82 bits per heavy atom. The number of aromatic nitrogens is 3. The largest absolute Gasteiger partial charge is 0.507 e. The van der Waals surface area contributed by atoms with Gasteiger partial charge in [0.1, 0.15) is 16.5 Å². The van der Waals surface area contributed by atoms with E-state index in [0.717, 1.165) is 21.6 Å². The molecule has 6 heteroatoms. The number of fused-ring (bicyclic) bond motifs is 3. The number of aliphatic imine (C=N–C) groups is 1. The third-order valence-electron chi connectivity index (χ3n) is 3.26. The fourth-order valence-electron chi connectivity index (χ4n) is 2.19. The lowest BCUT2D eigenvalue weighted by atomic mass is 10.2. The topological polar surface area (TPSA) is 71.3 Å². The first-order valence-corrected chi connectivity index (χ1v) is 7.47. The highest BCUT2D eigenvalue weighted by molar-refractivity contribution is 7.18. The normalized spacial score (nSPS) is 11.6. The van der Waals surface area contributed by atoms with Crippen molar-refractivity contribution in [3.05, 3.63) is 54.1 Å².